The quantitative estimate of drug-likeness (QED) is 0.638. The number of hydrogen-bond acceptors (Lipinski definition) is 2. The van der Waals surface area contributed by atoms with Crippen molar-refractivity contribution in [3.05, 3.63) is 55.4 Å². The Morgan fingerprint density at radius 2 is 1.53 bits per heavy atom. The van der Waals surface area contributed by atoms with Gasteiger partial charge in [-0.3, -0.25) is 0 Å². The van der Waals surface area contributed by atoms with Gasteiger partial charge in [-0.1, -0.05) is 22.0 Å². The molecule has 100 valence electrons. The molecule has 0 fully saturated rings. The molecule has 1 unspecified atom stereocenters. The molecule has 0 saturated carbocycles. The fourth-order valence-electron chi connectivity index (χ4n) is 1.54. The lowest BCUT2D eigenvalue weighted by Gasteiger charge is -2.12. The molecule has 1 N–H and O–H groups in total. The zero-order chi connectivity index (χ0) is 14.0. The van der Waals surface area contributed by atoms with Crippen molar-refractivity contribution in [1.82, 2.24) is 0 Å². The molecule has 0 aliphatic heterocycles. The Hall–Kier alpha value is -0.360. The van der Waals surface area contributed by atoms with Crippen molar-refractivity contribution in [3.8, 4) is 11.5 Å². The van der Waals surface area contributed by atoms with Crippen LogP contribution in [0, 0.1) is 0 Å². The highest BCUT2D eigenvalue weighted by Crippen LogP contribution is 2.36. The van der Waals surface area contributed by atoms with Crippen LogP contribution < -0.4 is 4.74 Å². The van der Waals surface area contributed by atoms with Gasteiger partial charge < -0.3 is 9.84 Å². The first-order valence-corrected chi connectivity index (χ1v) is 7.95. The maximum Gasteiger partial charge on any atom is 0.141 e. The zero-order valence-corrected chi connectivity index (χ0v) is 14.8. The first-order valence-electron chi connectivity index (χ1n) is 5.58. The second kappa shape index (κ2) is 6.39. The first kappa shape index (κ1) is 15.0. The predicted octanol–water partition coefficient (Wildman–Crippen LogP) is 5.82. The maximum atomic E-state index is 9.53. The largest absolute Gasteiger partial charge is 0.455 e. The van der Waals surface area contributed by atoms with Gasteiger partial charge in [0, 0.05) is 4.47 Å². The van der Waals surface area contributed by atoms with Gasteiger partial charge in [0.2, 0.25) is 0 Å². The minimum absolute atomic E-state index is 0.496. The highest BCUT2D eigenvalue weighted by molar-refractivity contribution is 9.11. The number of halogens is 3. The van der Waals surface area contributed by atoms with Gasteiger partial charge >= 0.3 is 0 Å². The SMILES string of the molecule is CC(O)c1ccc(Oc2ccc(Br)cc2Br)c(Br)c1. The molecule has 19 heavy (non-hydrogen) atoms. The minimum Gasteiger partial charge on any atom is -0.455 e. The Balaban J connectivity index is 2.28. The van der Waals surface area contributed by atoms with Gasteiger partial charge in [-0.05, 0) is 74.7 Å². The molecule has 0 amide bonds. The van der Waals surface area contributed by atoms with E-state index in [1.165, 1.54) is 0 Å². The molecule has 2 rings (SSSR count). The van der Waals surface area contributed by atoms with Gasteiger partial charge in [0.15, 0.2) is 0 Å². The second-order valence-corrected chi connectivity index (χ2v) is 6.67. The summed E-state index contributed by atoms with van der Waals surface area (Å²) < 4.78 is 8.49. The minimum atomic E-state index is -0.496. The lowest BCUT2D eigenvalue weighted by molar-refractivity contribution is 0.199. The van der Waals surface area contributed by atoms with Crippen LogP contribution in [0.2, 0.25) is 0 Å². The molecule has 2 aromatic rings. The van der Waals surface area contributed by atoms with E-state index in [0.717, 1.165) is 24.7 Å². The molecule has 2 aromatic carbocycles. The monoisotopic (exact) mass is 448 g/mol. The van der Waals surface area contributed by atoms with Crippen molar-refractivity contribution in [2.24, 2.45) is 0 Å². The molecular weight excluding hydrogens is 440 g/mol. The van der Waals surface area contributed by atoms with Crippen molar-refractivity contribution < 1.29 is 9.84 Å². The number of aliphatic hydroxyl groups is 1. The van der Waals surface area contributed by atoms with Crippen LogP contribution in [-0.2, 0) is 0 Å². The molecule has 0 heterocycles. The third-order valence-electron chi connectivity index (χ3n) is 2.55. The van der Waals surface area contributed by atoms with Crippen LogP contribution in [0.15, 0.2) is 49.8 Å². The van der Waals surface area contributed by atoms with E-state index in [-0.39, 0.29) is 0 Å². The number of benzene rings is 2. The summed E-state index contributed by atoms with van der Waals surface area (Å²) in [6.45, 7) is 1.73. The van der Waals surface area contributed by atoms with E-state index in [9.17, 15) is 5.11 Å². The number of ether oxygens (including phenoxy) is 1. The Labute approximate surface area is 137 Å². The summed E-state index contributed by atoms with van der Waals surface area (Å²) in [5, 5.41) is 9.53. The third-order valence-corrected chi connectivity index (χ3v) is 4.28. The summed E-state index contributed by atoms with van der Waals surface area (Å²) >= 11 is 10.3. The zero-order valence-electron chi connectivity index (χ0n) is 10.0. The van der Waals surface area contributed by atoms with Gasteiger partial charge in [-0.15, -0.1) is 0 Å². The van der Waals surface area contributed by atoms with Crippen LogP contribution in [0.5, 0.6) is 11.5 Å². The van der Waals surface area contributed by atoms with Gasteiger partial charge in [0.25, 0.3) is 0 Å². The van der Waals surface area contributed by atoms with E-state index >= 15 is 0 Å². The van der Waals surface area contributed by atoms with E-state index in [0.29, 0.717) is 5.75 Å². The van der Waals surface area contributed by atoms with Crippen LogP contribution in [-0.4, -0.2) is 5.11 Å². The van der Waals surface area contributed by atoms with E-state index in [1.807, 2.05) is 36.4 Å². The third kappa shape index (κ3) is 3.81. The molecule has 0 aliphatic rings. The molecule has 0 saturated heterocycles. The molecule has 0 aromatic heterocycles. The average molecular weight is 451 g/mol. The van der Waals surface area contributed by atoms with E-state index in [2.05, 4.69) is 47.8 Å². The summed E-state index contributed by atoms with van der Waals surface area (Å²) in [5.41, 5.74) is 0.842. The smallest absolute Gasteiger partial charge is 0.141 e. The molecular formula is C14H11Br3O2. The van der Waals surface area contributed by atoms with Gasteiger partial charge in [0.05, 0.1) is 15.0 Å². The molecule has 1 atom stereocenters. The second-order valence-electron chi connectivity index (χ2n) is 4.04. The van der Waals surface area contributed by atoms with E-state index < -0.39 is 6.10 Å². The van der Waals surface area contributed by atoms with Crippen LogP contribution in [0.25, 0.3) is 0 Å². The lowest BCUT2D eigenvalue weighted by Crippen LogP contribution is -1.92. The fraction of sp³-hybridized carbons (Fsp3) is 0.143. The molecule has 2 nitrogen and oxygen atoms in total. The standard InChI is InChI=1S/C14H11Br3O2/c1-8(18)9-2-4-13(11(16)6-9)19-14-5-3-10(15)7-12(14)17/h2-8,18H,1H3. The summed E-state index contributed by atoms with van der Waals surface area (Å²) in [6, 6.07) is 11.2. The maximum absolute atomic E-state index is 9.53. The van der Waals surface area contributed by atoms with Crippen molar-refractivity contribution in [2.75, 3.05) is 0 Å². The van der Waals surface area contributed by atoms with Crippen LogP contribution in [0.3, 0.4) is 0 Å². The summed E-state index contributed by atoms with van der Waals surface area (Å²) in [5.74, 6) is 1.43. The van der Waals surface area contributed by atoms with Crippen LogP contribution in [0.4, 0.5) is 0 Å². The summed E-state index contributed by atoms with van der Waals surface area (Å²) in [6.07, 6.45) is -0.496. The molecule has 0 bridgehead atoms. The topological polar surface area (TPSA) is 29.5 Å². The number of rotatable bonds is 3. The number of aliphatic hydroxyl groups excluding tert-OH is 1. The molecule has 5 heteroatoms. The van der Waals surface area contributed by atoms with Crippen molar-refractivity contribution in [1.29, 1.82) is 0 Å². The highest BCUT2D eigenvalue weighted by atomic mass is 79.9. The molecule has 0 aliphatic carbocycles. The first-order chi connectivity index (χ1) is 8.97. The molecule has 0 spiro atoms. The highest BCUT2D eigenvalue weighted by Gasteiger charge is 2.09. The van der Waals surface area contributed by atoms with Gasteiger partial charge in [-0.2, -0.15) is 0 Å². The normalized spacial score (nSPS) is 12.3. The van der Waals surface area contributed by atoms with Gasteiger partial charge in [0.1, 0.15) is 11.5 Å². The fourth-order valence-corrected chi connectivity index (χ4v) is 3.14. The van der Waals surface area contributed by atoms with Gasteiger partial charge in [-0.25, -0.2) is 0 Å². The average Bonchev–Trinajstić information content (AvgIpc) is 2.34. The summed E-state index contributed by atoms with van der Waals surface area (Å²) in [4.78, 5) is 0. The van der Waals surface area contributed by atoms with E-state index in [4.69, 9.17) is 4.74 Å². The lowest BCUT2D eigenvalue weighted by atomic mass is 10.1. The Morgan fingerprint density at radius 1 is 0.947 bits per heavy atom. The Kier molecular flexibility index (Phi) is 5.06. The molecule has 0 radical (unpaired) electrons. The van der Waals surface area contributed by atoms with Crippen molar-refractivity contribution in [2.45, 2.75) is 13.0 Å². The van der Waals surface area contributed by atoms with Crippen molar-refractivity contribution >= 4 is 47.8 Å². The Morgan fingerprint density at radius 3 is 2.05 bits per heavy atom. The van der Waals surface area contributed by atoms with E-state index in [1.54, 1.807) is 6.92 Å². The van der Waals surface area contributed by atoms with Crippen LogP contribution >= 0.6 is 47.8 Å². The van der Waals surface area contributed by atoms with Crippen molar-refractivity contribution in [3.63, 3.8) is 0 Å². The Bertz CT molecular complexity index is 597. The van der Waals surface area contributed by atoms with Crippen LogP contribution in [0.1, 0.15) is 18.6 Å². The summed E-state index contributed by atoms with van der Waals surface area (Å²) in [7, 11) is 0. The number of hydrogen-bond donors (Lipinski definition) is 1. The predicted molar refractivity (Wildman–Crippen MR) is 86.7 cm³/mol.